The minimum atomic E-state index is -0.981. The minimum Gasteiger partial charge on any atom is -0.505 e. The quantitative estimate of drug-likeness (QED) is 0.0106. The highest BCUT2D eigenvalue weighted by Crippen LogP contribution is 2.45. The highest BCUT2D eigenvalue weighted by molar-refractivity contribution is 6.09. The van der Waals surface area contributed by atoms with E-state index in [1.807, 2.05) is 82.3 Å². The molecule has 12 rings (SSSR count). The zero-order chi connectivity index (χ0) is 76.5. The van der Waals surface area contributed by atoms with E-state index >= 15 is 0 Å². The van der Waals surface area contributed by atoms with E-state index in [2.05, 4.69) is 16.0 Å². The Kier molecular flexibility index (Phi) is 25.6. The van der Waals surface area contributed by atoms with Crippen molar-refractivity contribution in [2.24, 2.45) is 5.73 Å². The summed E-state index contributed by atoms with van der Waals surface area (Å²) in [6.45, 7) is 11.5. The van der Waals surface area contributed by atoms with Crippen LogP contribution in [0.2, 0.25) is 0 Å². The van der Waals surface area contributed by atoms with Gasteiger partial charge in [0, 0.05) is 93.6 Å². The van der Waals surface area contributed by atoms with Gasteiger partial charge in [-0.1, -0.05) is 110 Å². The molecule has 0 spiro atoms. The molecular formula is C86H80F4N4O14. The first-order valence-corrected chi connectivity index (χ1v) is 35.3. The van der Waals surface area contributed by atoms with Crippen molar-refractivity contribution in [1.29, 1.82) is 0 Å². The smallest absolute Gasteiger partial charge is 0.251 e. The molecule has 2 heterocycles. The summed E-state index contributed by atoms with van der Waals surface area (Å²) in [7, 11) is 0. The summed E-state index contributed by atoms with van der Waals surface area (Å²) < 4.78 is 93.5. The number of fused-ring (bicyclic) bond motifs is 4. The molecule has 3 amide bonds. The summed E-state index contributed by atoms with van der Waals surface area (Å²) in [5.41, 5.74) is 15.5. The summed E-state index contributed by atoms with van der Waals surface area (Å²) in [6.07, 6.45) is 3.95. The number of halogens is 4. The molecule has 18 nitrogen and oxygen atoms in total. The minimum absolute atomic E-state index is 0.00322. The normalized spacial score (nSPS) is 11.2. The number of nitrogens with two attached hydrogens (primary N) is 1. The van der Waals surface area contributed by atoms with Crippen LogP contribution in [0, 0.1) is 51.0 Å². The summed E-state index contributed by atoms with van der Waals surface area (Å²) in [5.74, 6) is -4.19. The van der Waals surface area contributed by atoms with Gasteiger partial charge in [-0.2, -0.15) is 0 Å². The lowest BCUT2D eigenvalue weighted by Gasteiger charge is -2.17. The van der Waals surface area contributed by atoms with Crippen LogP contribution < -0.4 is 42.0 Å². The molecule has 0 saturated heterocycles. The average molecular weight is 1470 g/mol. The van der Waals surface area contributed by atoms with E-state index in [-0.39, 0.29) is 88.9 Å². The molecule has 0 radical (unpaired) electrons. The van der Waals surface area contributed by atoms with Crippen molar-refractivity contribution >= 4 is 45.4 Å². The van der Waals surface area contributed by atoms with Crippen molar-refractivity contribution in [3.8, 4) is 67.9 Å². The zero-order valence-corrected chi connectivity index (χ0v) is 59.9. The molecule has 0 atom stereocenters. The molecular weight excluding hydrogens is 1390 g/mol. The third-order valence-electron chi connectivity index (χ3n) is 18.3. The van der Waals surface area contributed by atoms with E-state index in [0.29, 0.717) is 115 Å². The fourth-order valence-electron chi connectivity index (χ4n) is 12.4. The molecule has 0 bridgehead atoms. The predicted octanol–water partition coefficient (Wildman–Crippen LogP) is 15.0. The third kappa shape index (κ3) is 19.4. The van der Waals surface area contributed by atoms with Crippen molar-refractivity contribution in [3.63, 3.8) is 0 Å². The molecule has 0 saturated carbocycles. The Hall–Kier alpha value is -12.0. The number of carbonyl (C=O) groups excluding carboxylic acids is 4. The fraction of sp³-hybridized carbons (Fsp3) is 0.233. The Morgan fingerprint density at radius 1 is 0.444 bits per heavy atom. The Morgan fingerprint density at radius 3 is 1.37 bits per heavy atom. The maximum absolute atomic E-state index is 14.6. The third-order valence-corrected chi connectivity index (χ3v) is 18.3. The van der Waals surface area contributed by atoms with Crippen molar-refractivity contribution in [1.82, 2.24) is 16.0 Å². The topological polar surface area (TPSA) is 268 Å². The largest absolute Gasteiger partial charge is 0.505 e. The van der Waals surface area contributed by atoms with Gasteiger partial charge < -0.3 is 59.7 Å². The number of aryl methyl sites for hydroxylation is 4. The van der Waals surface area contributed by atoms with Gasteiger partial charge in [-0.15, -0.1) is 0 Å². The first kappa shape index (κ1) is 77.1. The SMILES string of the molecule is Cc1cc(CC(=O)NCCCCCN)ccc1COCCOc1cc(-c2c3cc(F)c(=O)cc-3oc3cc(O)c(F)cc23)ccc1C.Cc1cc(CC(=O)NCCCNC(=O)c2ccc(C(=O)c3ccccc3)cc2)ccc1COCCOc1cc(-c2c3cc(F)c(=O)cc-3oc3cc(O)c(F)cc23)ccc1C. The van der Waals surface area contributed by atoms with E-state index in [9.17, 15) is 56.5 Å². The van der Waals surface area contributed by atoms with Crippen LogP contribution in [0.3, 0.4) is 0 Å². The maximum atomic E-state index is 14.6. The number of rotatable bonds is 30. The van der Waals surface area contributed by atoms with Crippen LogP contribution in [0.4, 0.5) is 17.6 Å². The number of benzene rings is 10. The number of aromatic hydroxyl groups is 2. The molecule has 108 heavy (non-hydrogen) atoms. The Balaban J connectivity index is 0.000000222. The Morgan fingerprint density at radius 2 is 0.898 bits per heavy atom. The molecule has 2 aliphatic carbocycles. The standard InChI is InChI=1S/C49H42F2N2O8.C37H38F2N2O6/c1-29-9-11-35(47-37-24-39(50)41(54)26-44(37)61-45-27-42(55)40(51)25-38(45)47)23-43(29)60-20-19-59-28-36-12-10-31(21-30(36)2)22-46(56)52-17-6-18-53-49(58)34-15-13-33(14-16-34)48(57)32-7-4-3-5-8-32;1-22-6-8-25(37-27-17-29(38)31(42)19-34(27)47-35-20-32(43)30(39)18-28(35)37)16-33(22)46-13-12-45-21-26-9-7-24(14-23(26)2)15-36(44)41-11-5-3-4-10-40/h3-5,7-16,21,23-27,54H,6,17-20,22,28H2,1-2H3,(H,52,56)(H,53,58);6-9,14,16-20,42H,3-5,10-13,15,21,40H2,1-2H3,(H,41,44). The van der Waals surface area contributed by atoms with Gasteiger partial charge in [-0.25, -0.2) is 17.6 Å². The number of ether oxygens (including phenoxy) is 4. The summed E-state index contributed by atoms with van der Waals surface area (Å²) >= 11 is 0. The number of unbranched alkanes of at least 4 members (excludes halogenated alkanes) is 2. The van der Waals surface area contributed by atoms with Crippen molar-refractivity contribution in [3.05, 3.63) is 281 Å². The van der Waals surface area contributed by atoms with Gasteiger partial charge in [-0.05, 0) is 158 Å². The summed E-state index contributed by atoms with van der Waals surface area (Å²) in [5, 5.41) is 29.2. The van der Waals surface area contributed by atoms with Crippen LogP contribution in [0.15, 0.2) is 194 Å². The molecule has 0 aromatic heterocycles. The maximum Gasteiger partial charge on any atom is 0.251 e. The van der Waals surface area contributed by atoms with Crippen LogP contribution in [0.1, 0.15) is 96.5 Å². The molecule has 0 unspecified atom stereocenters. The number of amides is 3. The highest BCUT2D eigenvalue weighted by Gasteiger charge is 2.25. The Bertz CT molecular complexity index is 5340. The second-order valence-electron chi connectivity index (χ2n) is 26.2. The van der Waals surface area contributed by atoms with Crippen molar-refractivity contribution in [2.45, 2.75) is 79.4 Å². The molecule has 4 aliphatic rings. The number of carbonyl (C=O) groups is 4. The van der Waals surface area contributed by atoms with Gasteiger partial charge in [0.15, 0.2) is 40.6 Å². The van der Waals surface area contributed by atoms with Gasteiger partial charge in [0.05, 0.1) is 39.3 Å². The molecule has 2 aliphatic heterocycles. The molecule has 8 aromatic carbocycles. The summed E-state index contributed by atoms with van der Waals surface area (Å²) in [4.78, 5) is 74.2. The van der Waals surface area contributed by atoms with Gasteiger partial charge in [-0.3, -0.25) is 28.8 Å². The lowest BCUT2D eigenvalue weighted by molar-refractivity contribution is -0.121. The second-order valence-corrected chi connectivity index (χ2v) is 26.2. The summed E-state index contributed by atoms with van der Waals surface area (Å²) in [6, 6.07) is 46.5. The van der Waals surface area contributed by atoms with E-state index in [4.69, 9.17) is 33.5 Å². The second kappa shape index (κ2) is 35.9. The molecule has 0 fully saturated rings. The Labute approximate surface area is 619 Å². The lowest BCUT2D eigenvalue weighted by Crippen LogP contribution is -2.30. The van der Waals surface area contributed by atoms with Crippen LogP contribution in [0.5, 0.6) is 23.0 Å². The zero-order valence-electron chi connectivity index (χ0n) is 59.9. The molecule has 7 N–H and O–H groups in total. The van der Waals surface area contributed by atoms with Crippen molar-refractivity contribution < 1.29 is 74.7 Å². The van der Waals surface area contributed by atoms with Gasteiger partial charge in [0.2, 0.25) is 22.7 Å². The molecule has 8 aromatic rings. The predicted molar refractivity (Wildman–Crippen MR) is 404 cm³/mol. The average Bonchev–Trinajstić information content (AvgIpc) is 0.751. The van der Waals surface area contributed by atoms with E-state index in [0.717, 1.165) is 112 Å². The number of hydrogen-bond acceptors (Lipinski definition) is 15. The number of nitrogens with one attached hydrogen (secondary N) is 3. The number of phenols is 2. The fourth-order valence-corrected chi connectivity index (χ4v) is 12.4. The van der Waals surface area contributed by atoms with Crippen LogP contribution in [0.25, 0.3) is 66.8 Å². The molecule has 556 valence electrons. The lowest BCUT2D eigenvalue weighted by atomic mass is 9.92. The monoisotopic (exact) mass is 1470 g/mol. The molecule has 22 heteroatoms. The van der Waals surface area contributed by atoms with Gasteiger partial charge in [0.1, 0.15) is 47.4 Å². The first-order chi connectivity index (χ1) is 52.1. The van der Waals surface area contributed by atoms with Gasteiger partial charge in [0.25, 0.3) is 5.91 Å². The number of ketones is 1. The van der Waals surface area contributed by atoms with E-state index in [1.165, 1.54) is 0 Å². The van der Waals surface area contributed by atoms with E-state index < -0.39 is 45.6 Å². The highest BCUT2D eigenvalue weighted by atomic mass is 19.1. The van der Waals surface area contributed by atoms with Crippen LogP contribution in [-0.4, -0.2) is 86.3 Å². The van der Waals surface area contributed by atoms with Gasteiger partial charge >= 0.3 is 0 Å². The number of phenolic OH excluding ortho intramolecular Hbond substituents is 2. The first-order valence-electron chi connectivity index (χ1n) is 35.3. The number of hydrogen-bond donors (Lipinski definition) is 6. The van der Waals surface area contributed by atoms with Crippen LogP contribution >= 0.6 is 0 Å². The van der Waals surface area contributed by atoms with E-state index in [1.54, 1.807) is 72.8 Å². The van der Waals surface area contributed by atoms with Crippen LogP contribution in [-0.2, 0) is 45.1 Å². The van der Waals surface area contributed by atoms with Crippen molar-refractivity contribution in [2.75, 3.05) is 52.6 Å².